The Balaban J connectivity index is 1.91. The first-order valence-corrected chi connectivity index (χ1v) is 7.21. The highest BCUT2D eigenvalue weighted by molar-refractivity contribution is 7.21. The molecule has 92 valence electrons. The van der Waals surface area contributed by atoms with E-state index in [9.17, 15) is 4.79 Å². The van der Waals surface area contributed by atoms with Crippen LogP contribution in [0.5, 0.6) is 0 Å². The number of hydrogen-bond donors (Lipinski definition) is 0. The molecule has 4 heteroatoms. The molecule has 0 saturated carbocycles. The van der Waals surface area contributed by atoms with E-state index in [-0.39, 0.29) is 5.97 Å². The Kier molecular flexibility index (Phi) is 4.57. The maximum Gasteiger partial charge on any atom is 0.302 e. The third kappa shape index (κ3) is 3.73. The van der Waals surface area contributed by atoms with Gasteiger partial charge in [0, 0.05) is 23.1 Å². The second-order valence-electron chi connectivity index (χ2n) is 3.53. The fourth-order valence-electron chi connectivity index (χ4n) is 1.35. The molecule has 0 aliphatic rings. The molecular formula is C14H12O2S2. The molecule has 2 aromatic rings. The van der Waals surface area contributed by atoms with E-state index in [0.29, 0.717) is 13.0 Å². The van der Waals surface area contributed by atoms with E-state index >= 15 is 0 Å². The lowest BCUT2D eigenvalue weighted by Gasteiger charge is -1.94. The zero-order valence-corrected chi connectivity index (χ0v) is 11.6. The molecule has 0 fully saturated rings. The molecule has 0 bridgehead atoms. The van der Waals surface area contributed by atoms with Crippen LogP contribution >= 0.6 is 22.7 Å². The Labute approximate surface area is 114 Å². The number of ether oxygens (including phenoxy) is 1. The Bertz CT molecular complexity index is 570. The molecule has 0 spiro atoms. The summed E-state index contributed by atoms with van der Waals surface area (Å²) in [5.74, 6) is 5.83. The molecule has 0 radical (unpaired) electrons. The molecule has 2 rings (SSSR count). The molecule has 0 aromatic carbocycles. The van der Waals surface area contributed by atoms with Crippen molar-refractivity contribution in [2.75, 3.05) is 6.61 Å². The maximum atomic E-state index is 10.5. The summed E-state index contributed by atoms with van der Waals surface area (Å²) in [6.07, 6.45) is 0.575. The minimum absolute atomic E-state index is 0.257. The molecule has 0 N–H and O–H groups in total. The van der Waals surface area contributed by atoms with Crippen LogP contribution in [0, 0.1) is 11.8 Å². The van der Waals surface area contributed by atoms with E-state index < -0.39 is 0 Å². The summed E-state index contributed by atoms with van der Waals surface area (Å²) in [5.41, 5.74) is 0. The van der Waals surface area contributed by atoms with E-state index in [1.165, 1.54) is 16.7 Å². The largest absolute Gasteiger partial charge is 0.465 e. The smallest absolute Gasteiger partial charge is 0.302 e. The molecule has 0 aliphatic heterocycles. The van der Waals surface area contributed by atoms with Crippen LogP contribution in [0.3, 0.4) is 0 Å². The lowest BCUT2D eigenvalue weighted by molar-refractivity contribution is -0.140. The van der Waals surface area contributed by atoms with Crippen molar-refractivity contribution in [1.82, 2.24) is 0 Å². The van der Waals surface area contributed by atoms with E-state index in [4.69, 9.17) is 4.74 Å². The third-order valence-electron chi connectivity index (χ3n) is 2.11. The van der Waals surface area contributed by atoms with Gasteiger partial charge < -0.3 is 4.74 Å². The lowest BCUT2D eigenvalue weighted by atomic mass is 10.3. The van der Waals surface area contributed by atoms with Crippen molar-refractivity contribution >= 4 is 28.6 Å². The van der Waals surface area contributed by atoms with Crippen LogP contribution in [-0.4, -0.2) is 12.6 Å². The first-order chi connectivity index (χ1) is 8.75. The van der Waals surface area contributed by atoms with Crippen molar-refractivity contribution in [3.63, 3.8) is 0 Å². The van der Waals surface area contributed by atoms with Gasteiger partial charge in [0.25, 0.3) is 0 Å². The fourth-order valence-corrected chi connectivity index (χ4v) is 3.07. The van der Waals surface area contributed by atoms with Crippen molar-refractivity contribution in [1.29, 1.82) is 0 Å². The third-order valence-corrected chi connectivity index (χ3v) is 4.18. The van der Waals surface area contributed by atoms with Crippen LogP contribution in [0.15, 0.2) is 29.6 Å². The van der Waals surface area contributed by atoms with Gasteiger partial charge in [-0.05, 0) is 23.6 Å². The van der Waals surface area contributed by atoms with Crippen molar-refractivity contribution in [3.8, 4) is 21.6 Å². The van der Waals surface area contributed by atoms with Gasteiger partial charge in [0.1, 0.15) is 6.61 Å². The summed E-state index contributed by atoms with van der Waals surface area (Å²) >= 11 is 3.41. The van der Waals surface area contributed by atoms with Crippen LogP contribution < -0.4 is 0 Å². The van der Waals surface area contributed by atoms with Crippen LogP contribution in [-0.2, 0) is 9.53 Å². The number of esters is 1. The molecule has 0 amide bonds. The molecule has 2 aromatic heterocycles. The summed E-state index contributed by atoms with van der Waals surface area (Å²) in [7, 11) is 0. The van der Waals surface area contributed by atoms with Crippen molar-refractivity contribution in [2.45, 2.75) is 13.3 Å². The number of thiophene rings is 2. The van der Waals surface area contributed by atoms with Gasteiger partial charge in [-0.25, -0.2) is 0 Å². The average Bonchev–Trinajstić information content (AvgIpc) is 2.98. The average molecular weight is 276 g/mol. The van der Waals surface area contributed by atoms with Gasteiger partial charge >= 0.3 is 5.97 Å². The highest BCUT2D eigenvalue weighted by Gasteiger charge is 2.01. The number of rotatable bonds is 3. The fraction of sp³-hybridized carbons (Fsp3) is 0.214. The van der Waals surface area contributed by atoms with Crippen molar-refractivity contribution < 1.29 is 9.53 Å². The van der Waals surface area contributed by atoms with Crippen LogP contribution in [0.2, 0.25) is 0 Å². The molecule has 0 aliphatic carbocycles. The Morgan fingerprint density at radius 3 is 2.94 bits per heavy atom. The molecular weight excluding hydrogens is 264 g/mol. The highest BCUT2D eigenvalue weighted by Crippen LogP contribution is 2.30. The van der Waals surface area contributed by atoms with Crippen LogP contribution in [0.1, 0.15) is 18.2 Å². The lowest BCUT2D eigenvalue weighted by Crippen LogP contribution is -1.98. The first kappa shape index (κ1) is 12.9. The molecule has 0 atom stereocenters. The molecule has 2 nitrogen and oxygen atoms in total. The number of carbonyl (C=O) groups is 1. The van der Waals surface area contributed by atoms with Gasteiger partial charge in [0.15, 0.2) is 0 Å². The zero-order valence-electron chi connectivity index (χ0n) is 9.93. The highest BCUT2D eigenvalue weighted by atomic mass is 32.1. The van der Waals surface area contributed by atoms with E-state index in [0.717, 1.165) is 4.88 Å². The van der Waals surface area contributed by atoms with Gasteiger partial charge in [-0.1, -0.05) is 17.9 Å². The number of hydrogen-bond acceptors (Lipinski definition) is 4. The topological polar surface area (TPSA) is 26.3 Å². The number of carbonyl (C=O) groups excluding carboxylic acids is 1. The van der Waals surface area contributed by atoms with Crippen molar-refractivity contribution in [2.24, 2.45) is 0 Å². The molecule has 0 saturated heterocycles. The normalized spacial score (nSPS) is 9.61. The maximum absolute atomic E-state index is 10.5. The second kappa shape index (κ2) is 6.39. The quantitative estimate of drug-likeness (QED) is 0.484. The van der Waals surface area contributed by atoms with E-state index in [1.807, 2.05) is 12.1 Å². The standard InChI is InChI=1S/C14H12O2S2/c1-11(15)16-9-3-2-5-12-7-8-14(18-12)13-6-4-10-17-13/h4,6-8,10H,3,9H2,1H3. The minimum Gasteiger partial charge on any atom is -0.465 e. The van der Waals surface area contributed by atoms with E-state index in [2.05, 4.69) is 29.4 Å². The van der Waals surface area contributed by atoms with Gasteiger partial charge in [0.2, 0.25) is 0 Å². The molecule has 2 heterocycles. The zero-order chi connectivity index (χ0) is 12.8. The Morgan fingerprint density at radius 1 is 1.33 bits per heavy atom. The second-order valence-corrected chi connectivity index (χ2v) is 5.56. The summed E-state index contributed by atoms with van der Waals surface area (Å²) < 4.78 is 4.81. The summed E-state index contributed by atoms with van der Waals surface area (Å²) in [5, 5.41) is 2.07. The Hall–Kier alpha value is -1.57. The minimum atomic E-state index is -0.257. The van der Waals surface area contributed by atoms with Gasteiger partial charge in [-0.2, -0.15) is 0 Å². The SMILES string of the molecule is CC(=O)OCCC#Cc1ccc(-c2cccs2)s1. The van der Waals surface area contributed by atoms with Crippen LogP contribution in [0.25, 0.3) is 9.75 Å². The summed E-state index contributed by atoms with van der Waals surface area (Å²) in [6, 6.07) is 8.27. The van der Waals surface area contributed by atoms with Gasteiger partial charge in [0.05, 0.1) is 4.88 Å². The molecule has 0 unspecified atom stereocenters. The van der Waals surface area contributed by atoms with Gasteiger partial charge in [-0.3, -0.25) is 4.79 Å². The van der Waals surface area contributed by atoms with Crippen molar-refractivity contribution in [3.05, 3.63) is 34.5 Å². The predicted molar refractivity (Wildman–Crippen MR) is 75.8 cm³/mol. The van der Waals surface area contributed by atoms with E-state index in [1.54, 1.807) is 22.7 Å². The predicted octanol–water partition coefficient (Wildman–Crippen LogP) is 3.78. The Morgan fingerprint density at radius 2 is 2.22 bits per heavy atom. The van der Waals surface area contributed by atoms with Crippen LogP contribution in [0.4, 0.5) is 0 Å². The summed E-state index contributed by atoms with van der Waals surface area (Å²) in [6.45, 7) is 1.77. The van der Waals surface area contributed by atoms with Gasteiger partial charge in [-0.15, -0.1) is 22.7 Å². The molecule has 18 heavy (non-hydrogen) atoms. The first-order valence-electron chi connectivity index (χ1n) is 5.51. The monoisotopic (exact) mass is 276 g/mol. The summed E-state index contributed by atoms with van der Waals surface area (Å²) in [4.78, 5) is 14.1.